The predicted molar refractivity (Wildman–Crippen MR) is 90.3 cm³/mol. The number of carbonyl (C=O) groups excluding carboxylic acids is 1. The van der Waals surface area contributed by atoms with Crippen LogP contribution in [0.15, 0.2) is 54.6 Å². The summed E-state index contributed by atoms with van der Waals surface area (Å²) in [5, 5.41) is 13.5. The summed E-state index contributed by atoms with van der Waals surface area (Å²) in [6.45, 7) is 3.61. The first kappa shape index (κ1) is 17.0. The molecule has 0 radical (unpaired) electrons. The fraction of sp³-hybridized carbons (Fsp3) is 0.316. The standard InChI is InChI=1S/C19H23NO3/c1-19(2,18(22)15-10-7-11-16(13-15)23-3)20-17(21)12-14-8-5-4-6-9-14/h4-11,13,18,22H,12H2,1-3H3,(H,20,21)/t18-/m1/s1. The summed E-state index contributed by atoms with van der Waals surface area (Å²) in [4.78, 5) is 12.2. The van der Waals surface area contributed by atoms with Crippen LogP contribution in [0.2, 0.25) is 0 Å². The van der Waals surface area contributed by atoms with Gasteiger partial charge in [0, 0.05) is 0 Å². The fourth-order valence-corrected chi connectivity index (χ4v) is 2.48. The largest absolute Gasteiger partial charge is 0.497 e. The third kappa shape index (κ3) is 4.57. The third-order valence-electron chi connectivity index (χ3n) is 3.76. The first-order chi connectivity index (χ1) is 10.9. The van der Waals surface area contributed by atoms with Crippen LogP contribution in [0.5, 0.6) is 5.75 Å². The first-order valence-electron chi connectivity index (χ1n) is 7.59. The van der Waals surface area contributed by atoms with Crippen molar-refractivity contribution in [2.45, 2.75) is 31.9 Å². The van der Waals surface area contributed by atoms with Crippen molar-refractivity contribution >= 4 is 5.91 Å². The van der Waals surface area contributed by atoms with Crippen molar-refractivity contribution in [1.82, 2.24) is 5.32 Å². The van der Waals surface area contributed by atoms with Gasteiger partial charge in [-0.2, -0.15) is 0 Å². The van der Waals surface area contributed by atoms with E-state index in [1.165, 1.54) is 0 Å². The van der Waals surface area contributed by atoms with Crippen LogP contribution in [0, 0.1) is 0 Å². The molecule has 0 heterocycles. The Morgan fingerprint density at radius 2 is 1.87 bits per heavy atom. The van der Waals surface area contributed by atoms with Gasteiger partial charge < -0.3 is 15.2 Å². The summed E-state index contributed by atoms with van der Waals surface area (Å²) in [6, 6.07) is 16.8. The van der Waals surface area contributed by atoms with E-state index < -0.39 is 11.6 Å². The molecule has 2 N–H and O–H groups in total. The minimum Gasteiger partial charge on any atom is -0.497 e. The Bertz CT molecular complexity index is 653. The van der Waals surface area contributed by atoms with Crippen LogP contribution in [0.3, 0.4) is 0 Å². The molecular formula is C19H23NO3. The molecule has 0 aromatic heterocycles. The average Bonchev–Trinajstić information content (AvgIpc) is 2.54. The molecule has 4 heteroatoms. The van der Waals surface area contributed by atoms with Crippen molar-refractivity contribution in [2.75, 3.05) is 7.11 Å². The van der Waals surface area contributed by atoms with Crippen LogP contribution in [-0.4, -0.2) is 23.7 Å². The van der Waals surface area contributed by atoms with Crippen LogP contribution >= 0.6 is 0 Å². The highest BCUT2D eigenvalue weighted by Crippen LogP contribution is 2.28. The summed E-state index contributed by atoms with van der Waals surface area (Å²) in [6.07, 6.45) is -0.549. The molecule has 122 valence electrons. The monoisotopic (exact) mass is 313 g/mol. The highest BCUT2D eigenvalue weighted by Gasteiger charge is 2.31. The third-order valence-corrected chi connectivity index (χ3v) is 3.76. The maximum atomic E-state index is 12.2. The van der Waals surface area contributed by atoms with E-state index in [0.717, 1.165) is 5.56 Å². The second-order valence-corrected chi connectivity index (χ2v) is 6.11. The molecule has 2 aromatic rings. The SMILES string of the molecule is COc1cccc([C@@H](O)C(C)(C)NC(=O)Cc2ccccc2)c1. The normalized spacial score (nSPS) is 12.5. The van der Waals surface area contributed by atoms with E-state index in [9.17, 15) is 9.90 Å². The van der Waals surface area contributed by atoms with Crippen molar-refractivity contribution in [3.63, 3.8) is 0 Å². The minimum absolute atomic E-state index is 0.122. The van der Waals surface area contributed by atoms with Gasteiger partial charge >= 0.3 is 0 Å². The van der Waals surface area contributed by atoms with E-state index in [1.54, 1.807) is 27.0 Å². The highest BCUT2D eigenvalue weighted by molar-refractivity contribution is 5.79. The Kier molecular flexibility index (Phi) is 5.40. The summed E-state index contributed by atoms with van der Waals surface area (Å²) < 4.78 is 5.18. The molecule has 0 bridgehead atoms. The lowest BCUT2D eigenvalue weighted by Gasteiger charge is -2.32. The Labute approximate surface area is 137 Å². The van der Waals surface area contributed by atoms with Gasteiger partial charge in [0.2, 0.25) is 5.91 Å². The number of hydrogen-bond donors (Lipinski definition) is 2. The van der Waals surface area contributed by atoms with Crippen LogP contribution < -0.4 is 10.1 Å². The molecule has 0 spiro atoms. The van der Waals surface area contributed by atoms with Crippen molar-refractivity contribution in [3.8, 4) is 5.75 Å². The van der Waals surface area contributed by atoms with E-state index in [0.29, 0.717) is 11.3 Å². The lowest BCUT2D eigenvalue weighted by molar-refractivity contribution is -0.123. The number of nitrogens with one attached hydrogen (secondary N) is 1. The second kappa shape index (κ2) is 7.29. The van der Waals surface area contributed by atoms with Gasteiger partial charge in [-0.15, -0.1) is 0 Å². The van der Waals surface area contributed by atoms with Gasteiger partial charge in [-0.3, -0.25) is 4.79 Å². The molecule has 0 aliphatic carbocycles. The number of ether oxygens (including phenoxy) is 1. The second-order valence-electron chi connectivity index (χ2n) is 6.11. The Morgan fingerprint density at radius 1 is 1.17 bits per heavy atom. The minimum atomic E-state index is -0.836. The molecule has 2 rings (SSSR count). The maximum absolute atomic E-state index is 12.2. The molecular weight excluding hydrogens is 290 g/mol. The number of benzene rings is 2. The maximum Gasteiger partial charge on any atom is 0.224 e. The molecule has 4 nitrogen and oxygen atoms in total. The molecule has 2 aromatic carbocycles. The van der Waals surface area contributed by atoms with E-state index in [1.807, 2.05) is 48.5 Å². The summed E-state index contributed by atoms with van der Waals surface area (Å²) in [7, 11) is 1.58. The Morgan fingerprint density at radius 3 is 2.52 bits per heavy atom. The quantitative estimate of drug-likeness (QED) is 0.862. The summed E-state index contributed by atoms with van der Waals surface area (Å²) >= 11 is 0. The van der Waals surface area contributed by atoms with E-state index in [4.69, 9.17) is 4.74 Å². The lowest BCUT2D eigenvalue weighted by atomic mass is 9.90. The predicted octanol–water partition coefficient (Wildman–Crippen LogP) is 2.87. The number of aliphatic hydroxyl groups is 1. The molecule has 1 atom stereocenters. The van der Waals surface area contributed by atoms with Gasteiger partial charge in [0.05, 0.1) is 19.1 Å². The number of methoxy groups -OCH3 is 1. The van der Waals surface area contributed by atoms with E-state index in [-0.39, 0.29) is 12.3 Å². The van der Waals surface area contributed by atoms with Crippen molar-refractivity contribution in [1.29, 1.82) is 0 Å². The van der Waals surface area contributed by atoms with Crippen LogP contribution in [0.1, 0.15) is 31.1 Å². The van der Waals surface area contributed by atoms with Crippen LogP contribution in [-0.2, 0) is 11.2 Å². The van der Waals surface area contributed by atoms with E-state index in [2.05, 4.69) is 5.32 Å². The summed E-state index contributed by atoms with van der Waals surface area (Å²) in [5.41, 5.74) is 0.851. The van der Waals surface area contributed by atoms with Gasteiger partial charge in [0.1, 0.15) is 11.9 Å². The van der Waals surface area contributed by atoms with Gasteiger partial charge in [0.15, 0.2) is 0 Å². The number of hydrogen-bond acceptors (Lipinski definition) is 3. The first-order valence-corrected chi connectivity index (χ1v) is 7.59. The highest BCUT2D eigenvalue weighted by atomic mass is 16.5. The molecule has 0 saturated heterocycles. The fourth-order valence-electron chi connectivity index (χ4n) is 2.48. The molecule has 23 heavy (non-hydrogen) atoms. The number of carbonyl (C=O) groups is 1. The van der Waals surface area contributed by atoms with Gasteiger partial charge in [-0.25, -0.2) is 0 Å². The van der Waals surface area contributed by atoms with Crippen molar-refractivity contribution in [3.05, 3.63) is 65.7 Å². The lowest BCUT2D eigenvalue weighted by Crippen LogP contribution is -2.48. The zero-order valence-electron chi connectivity index (χ0n) is 13.7. The molecule has 0 unspecified atom stereocenters. The van der Waals surface area contributed by atoms with Gasteiger partial charge in [0.25, 0.3) is 0 Å². The van der Waals surface area contributed by atoms with Gasteiger partial charge in [-0.05, 0) is 37.1 Å². The number of amides is 1. The molecule has 0 fully saturated rings. The molecule has 0 saturated carbocycles. The smallest absolute Gasteiger partial charge is 0.224 e. The molecule has 0 aliphatic heterocycles. The van der Waals surface area contributed by atoms with Crippen molar-refractivity contribution < 1.29 is 14.6 Å². The topological polar surface area (TPSA) is 58.6 Å². The zero-order valence-corrected chi connectivity index (χ0v) is 13.7. The number of rotatable bonds is 6. The Balaban J connectivity index is 2.06. The average molecular weight is 313 g/mol. The number of aliphatic hydroxyl groups excluding tert-OH is 1. The van der Waals surface area contributed by atoms with Gasteiger partial charge in [-0.1, -0.05) is 42.5 Å². The zero-order chi connectivity index (χ0) is 16.9. The molecule has 0 aliphatic rings. The van der Waals surface area contributed by atoms with E-state index >= 15 is 0 Å². The molecule has 1 amide bonds. The Hall–Kier alpha value is -2.33. The van der Waals surface area contributed by atoms with Crippen molar-refractivity contribution in [2.24, 2.45) is 0 Å². The van der Waals surface area contributed by atoms with Crippen LogP contribution in [0.25, 0.3) is 0 Å². The summed E-state index contributed by atoms with van der Waals surface area (Å²) in [5.74, 6) is 0.552. The van der Waals surface area contributed by atoms with Crippen LogP contribution in [0.4, 0.5) is 0 Å².